The topological polar surface area (TPSA) is 47.6 Å². The average molecular weight is 340 g/mol. The molecule has 1 N–H and O–H groups in total. The van der Waals surface area contributed by atoms with Crippen molar-refractivity contribution in [1.29, 1.82) is 0 Å². The monoisotopic (exact) mass is 339 g/mol. The van der Waals surface area contributed by atoms with E-state index in [0.29, 0.717) is 40.3 Å². The zero-order valence-electron chi connectivity index (χ0n) is 11.9. The first-order valence-electron chi connectivity index (χ1n) is 6.61. The molecule has 2 aromatic carbocycles. The molecule has 0 aliphatic carbocycles. The van der Waals surface area contributed by atoms with Crippen LogP contribution < -0.4 is 14.8 Å². The fourth-order valence-corrected chi connectivity index (χ4v) is 2.25. The van der Waals surface area contributed by atoms with E-state index in [4.69, 9.17) is 32.7 Å². The highest BCUT2D eigenvalue weighted by Gasteiger charge is 2.08. The third-order valence-corrected chi connectivity index (χ3v) is 3.50. The molecule has 0 aliphatic rings. The van der Waals surface area contributed by atoms with Gasteiger partial charge in [-0.25, -0.2) is 0 Å². The summed E-state index contributed by atoms with van der Waals surface area (Å²) >= 11 is 12.0. The highest BCUT2D eigenvalue weighted by Crippen LogP contribution is 2.25. The highest BCUT2D eigenvalue weighted by atomic mass is 35.5. The van der Waals surface area contributed by atoms with E-state index in [2.05, 4.69) is 5.32 Å². The third-order valence-electron chi connectivity index (χ3n) is 2.90. The van der Waals surface area contributed by atoms with Crippen LogP contribution in [0.25, 0.3) is 0 Å². The van der Waals surface area contributed by atoms with Crippen LogP contribution in [0.5, 0.6) is 11.5 Å². The predicted octanol–water partition coefficient (Wildman–Crippen LogP) is 3.81. The maximum absolute atomic E-state index is 12.0. The second kappa shape index (κ2) is 7.92. The molecule has 4 nitrogen and oxygen atoms in total. The molecule has 0 spiro atoms. The van der Waals surface area contributed by atoms with Gasteiger partial charge in [-0.1, -0.05) is 35.3 Å². The smallest absolute Gasteiger partial charge is 0.251 e. The Kier molecular flexibility index (Phi) is 5.92. The van der Waals surface area contributed by atoms with E-state index in [1.807, 2.05) is 12.1 Å². The second-order valence-electron chi connectivity index (χ2n) is 4.38. The Morgan fingerprint density at radius 2 is 1.86 bits per heavy atom. The molecular formula is C16H15Cl2NO3. The van der Waals surface area contributed by atoms with Crippen molar-refractivity contribution in [2.24, 2.45) is 0 Å². The first-order valence-corrected chi connectivity index (χ1v) is 7.36. The molecule has 0 heterocycles. The van der Waals surface area contributed by atoms with Crippen molar-refractivity contribution in [3.8, 4) is 11.5 Å². The van der Waals surface area contributed by atoms with Crippen LogP contribution in [-0.4, -0.2) is 26.2 Å². The standard InChI is InChI=1S/C16H15Cl2NO3/c1-21-14-7-6-11(10-13(14)18)16(20)19-8-9-22-15-5-3-2-4-12(15)17/h2-7,10H,8-9H2,1H3,(H,19,20). The average Bonchev–Trinajstić information content (AvgIpc) is 2.52. The molecule has 6 heteroatoms. The number of carbonyl (C=O) groups excluding carboxylic acids is 1. The summed E-state index contributed by atoms with van der Waals surface area (Å²) in [7, 11) is 1.52. The lowest BCUT2D eigenvalue weighted by atomic mass is 10.2. The quantitative estimate of drug-likeness (QED) is 0.814. The van der Waals surface area contributed by atoms with E-state index in [1.54, 1.807) is 30.3 Å². The number of nitrogens with one attached hydrogen (secondary N) is 1. The maximum atomic E-state index is 12.0. The number of benzene rings is 2. The minimum absolute atomic E-state index is 0.229. The third kappa shape index (κ3) is 4.29. The lowest BCUT2D eigenvalue weighted by Crippen LogP contribution is -2.28. The van der Waals surface area contributed by atoms with Crippen LogP contribution in [0.2, 0.25) is 10.0 Å². The Morgan fingerprint density at radius 3 is 2.55 bits per heavy atom. The summed E-state index contributed by atoms with van der Waals surface area (Å²) in [5.41, 5.74) is 0.462. The minimum atomic E-state index is -0.229. The Morgan fingerprint density at radius 1 is 1.09 bits per heavy atom. The van der Waals surface area contributed by atoms with Crippen LogP contribution in [0.1, 0.15) is 10.4 Å². The van der Waals surface area contributed by atoms with E-state index in [-0.39, 0.29) is 5.91 Å². The number of halogens is 2. The summed E-state index contributed by atoms with van der Waals surface area (Å²) in [6, 6.07) is 12.0. The Bertz CT molecular complexity index is 662. The zero-order valence-corrected chi connectivity index (χ0v) is 13.4. The van der Waals surface area contributed by atoms with Crippen LogP contribution >= 0.6 is 23.2 Å². The van der Waals surface area contributed by atoms with Crippen molar-refractivity contribution < 1.29 is 14.3 Å². The molecule has 0 unspecified atom stereocenters. The van der Waals surface area contributed by atoms with Crippen molar-refractivity contribution in [1.82, 2.24) is 5.32 Å². The minimum Gasteiger partial charge on any atom is -0.495 e. The maximum Gasteiger partial charge on any atom is 0.251 e. The van der Waals surface area contributed by atoms with Crippen LogP contribution in [0, 0.1) is 0 Å². The largest absolute Gasteiger partial charge is 0.495 e. The van der Waals surface area contributed by atoms with Gasteiger partial charge in [-0.3, -0.25) is 4.79 Å². The summed E-state index contributed by atoms with van der Waals surface area (Å²) < 4.78 is 10.5. The number of hydrogen-bond donors (Lipinski definition) is 1. The Hall–Kier alpha value is -1.91. The van der Waals surface area contributed by atoms with E-state index < -0.39 is 0 Å². The number of amides is 1. The normalized spacial score (nSPS) is 10.1. The van der Waals surface area contributed by atoms with Crippen LogP contribution in [0.3, 0.4) is 0 Å². The van der Waals surface area contributed by atoms with Gasteiger partial charge in [0.1, 0.15) is 18.1 Å². The number of hydrogen-bond acceptors (Lipinski definition) is 3. The summed E-state index contributed by atoms with van der Waals surface area (Å²) in [5, 5.41) is 3.68. The van der Waals surface area contributed by atoms with Crippen molar-refractivity contribution >= 4 is 29.1 Å². The molecule has 2 rings (SSSR count). The first kappa shape index (κ1) is 16.5. The van der Waals surface area contributed by atoms with Crippen molar-refractivity contribution in [2.75, 3.05) is 20.3 Å². The van der Waals surface area contributed by atoms with E-state index in [0.717, 1.165) is 0 Å². The molecule has 0 bridgehead atoms. The highest BCUT2D eigenvalue weighted by molar-refractivity contribution is 6.32. The molecule has 0 aromatic heterocycles. The first-order chi connectivity index (χ1) is 10.6. The molecule has 0 saturated carbocycles. The summed E-state index contributed by atoms with van der Waals surface area (Å²) in [6.07, 6.45) is 0. The van der Waals surface area contributed by atoms with Gasteiger partial charge in [-0.15, -0.1) is 0 Å². The molecule has 0 fully saturated rings. The molecule has 0 radical (unpaired) electrons. The number of methoxy groups -OCH3 is 1. The molecule has 2 aromatic rings. The van der Waals surface area contributed by atoms with Gasteiger partial charge in [0.2, 0.25) is 0 Å². The summed E-state index contributed by atoms with van der Waals surface area (Å²) in [5.74, 6) is 0.887. The fraction of sp³-hybridized carbons (Fsp3) is 0.188. The van der Waals surface area contributed by atoms with Gasteiger partial charge in [0.05, 0.1) is 23.7 Å². The van der Waals surface area contributed by atoms with Gasteiger partial charge in [0, 0.05) is 5.56 Å². The van der Waals surface area contributed by atoms with E-state index >= 15 is 0 Å². The predicted molar refractivity (Wildman–Crippen MR) is 87.3 cm³/mol. The number of para-hydroxylation sites is 1. The van der Waals surface area contributed by atoms with Gasteiger partial charge in [-0.05, 0) is 30.3 Å². The fourth-order valence-electron chi connectivity index (χ4n) is 1.80. The van der Waals surface area contributed by atoms with Gasteiger partial charge >= 0.3 is 0 Å². The van der Waals surface area contributed by atoms with Gasteiger partial charge < -0.3 is 14.8 Å². The number of carbonyl (C=O) groups is 1. The molecule has 0 saturated heterocycles. The SMILES string of the molecule is COc1ccc(C(=O)NCCOc2ccccc2Cl)cc1Cl. The van der Waals surface area contributed by atoms with Crippen LogP contribution in [0.4, 0.5) is 0 Å². The van der Waals surface area contributed by atoms with Crippen molar-refractivity contribution in [2.45, 2.75) is 0 Å². The lowest BCUT2D eigenvalue weighted by Gasteiger charge is -2.09. The molecule has 1 amide bonds. The summed E-state index contributed by atoms with van der Waals surface area (Å²) in [4.78, 5) is 12.0. The molecule has 0 aliphatic heterocycles. The molecule has 116 valence electrons. The molecular weight excluding hydrogens is 325 g/mol. The van der Waals surface area contributed by atoms with Gasteiger partial charge in [0.15, 0.2) is 0 Å². The van der Waals surface area contributed by atoms with Gasteiger partial charge in [0.25, 0.3) is 5.91 Å². The zero-order chi connectivity index (χ0) is 15.9. The van der Waals surface area contributed by atoms with E-state index in [9.17, 15) is 4.79 Å². The number of rotatable bonds is 6. The van der Waals surface area contributed by atoms with Gasteiger partial charge in [-0.2, -0.15) is 0 Å². The molecule has 0 atom stereocenters. The van der Waals surface area contributed by atoms with Crippen LogP contribution in [-0.2, 0) is 0 Å². The Balaban J connectivity index is 1.83. The summed E-state index contributed by atoms with van der Waals surface area (Å²) in [6.45, 7) is 0.674. The Labute approximate surface area is 138 Å². The number of ether oxygens (including phenoxy) is 2. The lowest BCUT2D eigenvalue weighted by molar-refractivity contribution is 0.0947. The van der Waals surface area contributed by atoms with Crippen LogP contribution in [0.15, 0.2) is 42.5 Å². The second-order valence-corrected chi connectivity index (χ2v) is 5.20. The molecule has 22 heavy (non-hydrogen) atoms. The van der Waals surface area contributed by atoms with Crippen molar-refractivity contribution in [3.05, 3.63) is 58.1 Å². The van der Waals surface area contributed by atoms with Crippen molar-refractivity contribution in [3.63, 3.8) is 0 Å². The van der Waals surface area contributed by atoms with E-state index in [1.165, 1.54) is 7.11 Å².